The van der Waals surface area contributed by atoms with E-state index < -0.39 is 12.5 Å². The summed E-state index contributed by atoms with van der Waals surface area (Å²) in [6, 6.07) is 7.13. The third-order valence-corrected chi connectivity index (χ3v) is 4.39. The number of alkyl halides is 2. The molecule has 3 aromatic rings. The monoisotopic (exact) mass is 418 g/mol. The molecule has 0 bridgehead atoms. The van der Waals surface area contributed by atoms with E-state index in [1.165, 1.54) is 0 Å². The number of nitrogens with zero attached hydrogens (tertiary/aromatic N) is 3. The van der Waals surface area contributed by atoms with Gasteiger partial charge in [-0.1, -0.05) is 12.1 Å². The standard InChI is InChI=1S/C21H24F2N4O3/c1-14-9-15(3-4-19(14)30-13-21(2,22)23)11-27-12-16-17(26-27)5-6-24-18(16)10-20(29)25-7-8-28/h3-6,9,12,28H,7-8,10-11,13H2,1-2H3,(H,25,29). The number of ether oxygens (including phenoxy) is 1. The fourth-order valence-corrected chi connectivity index (χ4v) is 3.04. The first-order valence-electron chi connectivity index (χ1n) is 9.54. The smallest absolute Gasteiger partial charge is 0.278 e. The fourth-order valence-electron chi connectivity index (χ4n) is 3.04. The van der Waals surface area contributed by atoms with Gasteiger partial charge in [0.25, 0.3) is 5.92 Å². The van der Waals surface area contributed by atoms with Crippen molar-refractivity contribution in [1.82, 2.24) is 20.1 Å². The van der Waals surface area contributed by atoms with E-state index in [2.05, 4.69) is 15.4 Å². The van der Waals surface area contributed by atoms with Crippen LogP contribution >= 0.6 is 0 Å². The van der Waals surface area contributed by atoms with Gasteiger partial charge in [0.15, 0.2) is 6.61 Å². The van der Waals surface area contributed by atoms with Gasteiger partial charge in [-0.2, -0.15) is 5.10 Å². The van der Waals surface area contributed by atoms with E-state index in [0.717, 1.165) is 29.0 Å². The summed E-state index contributed by atoms with van der Waals surface area (Å²) in [6.07, 6.45) is 3.53. The van der Waals surface area contributed by atoms with Crippen LogP contribution in [0.1, 0.15) is 23.7 Å². The highest BCUT2D eigenvalue weighted by Crippen LogP contribution is 2.23. The fraction of sp³-hybridized carbons (Fsp3) is 0.381. The zero-order valence-electron chi connectivity index (χ0n) is 16.9. The summed E-state index contributed by atoms with van der Waals surface area (Å²) in [5.74, 6) is -2.69. The number of halogens is 2. The van der Waals surface area contributed by atoms with Crippen LogP contribution in [-0.4, -0.2) is 51.5 Å². The first-order valence-corrected chi connectivity index (χ1v) is 9.54. The second-order valence-electron chi connectivity index (χ2n) is 7.23. The van der Waals surface area contributed by atoms with Crippen molar-refractivity contribution in [2.75, 3.05) is 19.8 Å². The molecule has 30 heavy (non-hydrogen) atoms. The Morgan fingerprint density at radius 2 is 2.13 bits per heavy atom. The van der Waals surface area contributed by atoms with Gasteiger partial charge in [0.2, 0.25) is 5.91 Å². The first-order chi connectivity index (χ1) is 14.2. The molecule has 0 atom stereocenters. The van der Waals surface area contributed by atoms with Crippen molar-refractivity contribution in [1.29, 1.82) is 0 Å². The van der Waals surface area contributed by atoms with Gasteiger partial charge in [-0.15, -0.1) is 0 Å². The predicted molar refractivity (Wildman–Crippen MR) is 108 cm³/mol. The molecule has 2 N–H and O–H groups in total. The molecule has 2 aromatic heterocycles. The van der Waals surface area contributed by atoms with Crippen LogP contribution in [0.5, 0.6) is 5.75 Å². The number of pyridine rings is 1. The molecule has 7 nitrogen and oxygen atoms in total. The van der Waals surface area contributed by atoms with Gasteiger partial charge in [-0.3, -0.25) is 14.5 Å². The highest BCUT2D eigenvalue weighted by molar-refractivity contribution is 5.86. The molecule has 0 saturated carbocycles. The molecule has 0 unspecified atom stereocenters. The number of hydrogen-bond acceptors (Lipinski definition) is 5. The summed E-state index contributed by atoms with van der Waals surface area (Å²) in [6.45, 7) is 2.50. The van der Waals surface area contributed by atoms with Crippen molar-refractivity contribution in [2.45, 2.75) is 32.7 Å². The maximum Gasteiger partial charge on any atom is 0.278 e. The van der Waals surface area contributed by atoms with Crippen LogP contribution in [0.4, 0.5) is 8.78 Å². The lowest BCUT2D eigenvalue weighted by atomic mass is 10.1. The Labute approximate surface area is 172 Å². The predicted octanol–water partition coefficient (Wildman–Crippen LogP) is 2.47. The van der Waals surface area contributed by atoms with Crippen molar-refractivity contribution in [3.63, 3.8) is 0 Å². The Morgan fingerprint density at radius 3 is 2.83 bits per heavy atom. The lowest BCUT2D eigenvalue weighted by Crippen LogP contribution is -2.28. The largest absolute Gasteiger partial charge is 0.487 e. The number of nitrogens with one attached hydrogen (secondary N) is 1. The SMILES string of the molecule is Cc1cc(Cn2cc3c(CC(=O)NCCO)nccc3n2)ccc1OCC(C)(F)F. The van der Waals surface area contributed by atoms with Gasteiger partial charge in [0, 0.05) is 31.2 Å². The average Bonchev–Trinajstić information content (AvgIpc) is 3.08. The van der Waals surface area contributed by atoms with Crippen LogP contribution in [-0.2, 0) is 17.8 Å². The van der Waals surface area contributed by atoms with E-state index in [4.69, 9.17) is 9.84 Å². The summed E-state index contributed by atoms with van der Waals surface area (Å²) in [5, 5.41) is 16.7. The zero-order chi connectivity index (χ0) is 21.7. The molecule has 0 spiro atoms. The number of aliphatic hydroxyl groups is 1. The lowest BCUT2D eigenvalue weighted by Gasteiger charge is -2.14. The molecule has 3 rings (SSSR count). The summed E-state index contributed by atoms with van der Waals surface area (Å²) in [7, 11) is 0. The van der Waals surface area contributed by atoms with Gasteiger partial charge >= 0.3 is 0 Å². The molecule has 0 radical (unpaired) electrons. The Balaban J connectivity index is 1.74. The number of rotatable bonds is 9. The molecule has 0 aliphatic carbocycles. The number of benzene rings is 1. The Bertz CT molecular complexity index is 1030. The number of carbonyl (C=O) groups is 1. The summed E-state index contributed by atoms with van der Waals surface area (Å²) in [4.78, 5) is 16.2. The van der Waals surface area contributed by atoms with Crippen LogP contribution in [0, 0.1) is 6.92 Å². The van der Waals surface area contributed by atoms with E-state index in [0.29, 0.717) is 18.0 Å². The van der Waals surface area contributed by atoms with Gasteiger partial charge < -0.3 is 15.2 Å². The van der Waals surface area contributed by atoms with Crippen molar-refractivity contribution in [3.8, 4) is 5.75 Å². The van der Waals surface area contributed by atoms with Gasteiger partial charge in [0.1, 0.15) is 5.75 Å². The Hall–Kier alpha value is -3.07. The maximum absolute atomic E-state index is 13.0. The van der Waals surface area contributed by atoms with Crippen LogP contribution < -0.4 is 10.1 Å². The second-order valence-corrected chi connectivity index (χ2v) is 7.23. The lowest BCUT2D eigenvalue weighted by molar-refractivity contribution is -0.120. The average molecular weight is 418 g/mol. The molecule has 0 aliphatic rings. The minimum Gasteiger partial charge on any atom is -0.487 e. The van der Waals surface area contributed by atoms with E-state index in [1.807, 2.05) is 18.3 Å². The van der Waals surface area contributed by atoms with E-state index in [-0.39, 0.29) is 25.5 Å². The number of aromatic nitrogens is 3. The summed E-state index contributed by atoms with van der Waals surface area (Å²) < 4.78 is 33.0. The summed E-state index contributed by atoms with van der Waals surface area (Å²) in [5.41, 5.74) is 3.02. The van der Waals surface area contributed by atoms with Gasteiger partial charge in [-0.25, -0.2) is 8.78 Å². The molecule has 9 heteroatoms. The number of amides is 1. The molecule has 2 heterocycles. The van der Waals surface area contributed by atoms with Crippen molar-refractivity contribution < 1.29 is 23.4 Å². The Kier molecular flexibility index (Phi) is 6.61. The number of fused-ring (bicyclic) bond motifs is 1. The Morgan fingerprint density at radius 1 is 1.33 bits per heavy atom. The molecular formula is C21H24F2N4O3. The molecule has 1 aromatic carbocycles. The van der Waals surface area contributed by atoms with E-state index in [1.54, 1.807) is 29.9 Å². The van der Waals surface area contributed by atoms with Crippen LogP contribution in [0.3, 0.4) is 0 Å². The van der Waals surface area contributed by atoms with Gasteiger partial charge in [-0.05, 0) is 30.2 Å². The minimum atomic E-state index is -2.89. The normalized spacial score (nSPS) is 11.6. The zero-order valence-corrected chi connectivity index (χ0v) is 16.9. The molecule has 0 fully saturated rings. The second kappa shape index (κ2) is 9.17. The van der Waals surface area contributed by atoms with Crippen molar-refractivity contribution in [2.24, 2.45) is 0 Å². The van der Waals surface area contributed by atoms with Crippen LogP contribution in [0.15, 0.2) is 36.7 Å². The number of aryl methyl sites for hydroxylation is 1. The molecular weight excluding hydrogens is 394 g/mol. The quantitative estimate of drug-likeness (QED) is 0.557. The van der Waals surface area contributed by atoms with Crippen LogP contribution in [0.25, 0.3) is 10.9 Å². The highest BCUT2D eigenvalue weighted by Gasteiger charge is 2.22. The van der Waals surface area contributed by atoms with Crippen LogP contribution in [0.2, 0.25) is 0 Å². The van der Waals surface area contributed by atoms with E-state index >= 15 is 0 Å². The number of carbonyl (C=O) groups excluding carboxylic acids is 1. The molecule has 0 aliphatic heterocycles. The third-order valence-electron chi connectivity index (χ3n) is 4.39. The number of aliphatic hydroxyl groups excluding tert-OH is 1. The third kappa shape index (κ3) is 5.73. The minimum absolute atomic E-state index is 0.0935. The molecule has 0 saturated heterocycles. The van der Waals surface area contributed by atoms with Gasteiger partial charge in [0.05, 0.1) is 30.8 Å². The topological polar surface area (TPSA) is 89.3 Å². The number of hydrogen-bond donors (Lipinski definition) is 2. The molecule has 160 valence electrons. The maximum atomic E-state index is 13.0. The molecule has 1 amide bonds. The van der Waals surface area contributed by atoms with Crippen molar-refractivity contribution in [3.05, 3.63) is 53.5 Å². The summed E-state index contributed by atoms with van der Waals surface area (Å²) >= 11 is 0. The first kappa shape index (κ1) is 21.6. The highest BCUT2D eigenvalue weighted by atomic mass is 19.3. The van der Waals surface area contributed by atoms with E-state index in [9.17, 15) is 13.6 Å². The van der Waals surface area contributed by atoms with Crippen molar-refractivity contribution >= 4 is 16.8 Å².